The summed E-state index contributed by atoms with van der Waals surface area (Å²) in [5.41, 5.74) is 0.515. The molecule has 8 heteroatoms. The van der Waals surface area contributed by atoms with E-state index >= 15 is 0 Å². The molecule has 1 aromatic heterocycles. The lowest BCUT2D eigenvalue weighted by Crippen LogP contribution is -2.29. The number of rotatable bonds is 8. The van der Waals surface area contributed by atoms with E-state index in [0.29, 0.717) is 27.9 Å². The SMILES string of the molecule is CCCNC(=O)COC(=O)c1sc(COc2ccc(F)cc2)nc1C. The Labute approximate surface area is 149 Å². The monoisotopic (exact) mass is 366 g/mol. The molecule has 0 saturated carbocycles. The third-order valence-electron chi connectivity index (χ3n) is 3.11. The number of nitrogens with zero attached hydrogens (tertiary/aromatic N) is 1. The van der Waals surface area contributed by atoms with E-state index in [9.17, 15) is 14.0 Å². The number of carbonyl (C=O) groups excluding carboxylic acids is 2. The van der Waals surface area contributed by atoms with Crippen LogP contribution in [0.15, 0.2) is 24.3 Å². The molecule has 0 saturated heterocycles. The zero-order chi connectivity index (χ0) is 18.2. The van der Waals surface area contributed by atoms with Gasteiger partial charge in [-0.25, -0.2) is 14.2 Å². The number of hydrogen-bond donors (Lipinski definition) is 1. The fraction of sp³-hybridized carbons (Fsp3) is 0.353. The average Bonchev–Trinajstić information content (AvgIpc) is 2.98. The number of thiazole rings is 1. The molecule has 0 aliphatic heterocycles. The molecule has 1 aromatic carbocycles. The maximum Gasteiger partial charge on any atom is 0.350 e. The number of amides is 1. The van der Waals surface area contributed by atoms with Gasteiger partial charge in [0.15, 0.2) is 6.61 Å². The van der Waals surface area contributed by atoms with Crippen LogP contribution in [-0.2, 0) is 16.1 Å². The predicted molar refractivity (Wildman–Crippen MR) is 91.2 cm³/mol. The van der Waals surface area contributed by atoms with Gasteiger partial charge in [0.05, 0.1) is 5.69 Å². The molecule has 0 aliphatic carbocycles. The van der Waals surface area contributed by atoms with Crippen LogP contribution in [0.3, 0.4) is 0 Å². The summed E-state index contributed by atoms with van der Waals surface area (Å²) in [5, 5.41) is 3.21. The van der Waals surface area contributed by atoms with Crippen molar-refractivity contribution < 1.29 is 23.5 Å². The fourth-order valence-electron chi connectivity index (χ4n) is 1.89. The highest BCUT2D eigenvalue weighted by Gasteiger charge is 2.18. The van der Waals surface area contributed by atoms with Crippen LogP contribution in [0, 0.1) is 12.7 Å². The fourth-order valence-corrected chi connectivity index (χ4v) is 2.76. The first-order chi connectivity index (χ1) is 12.0. The Morgan fingerprint density at radius 3 is 2.68 bits per heavy atom. The first-order valence-electron chi connectivity index (χ1n) is 7.78. The number of carbonyl (C=O) groups is 2. The Balaban J connectivity index is 1.89. The van der Waals surface area contributed by atoms with Crippen molar-refractivity contribution in [1.82, 2.24) is 10.3 Å². The van der Waals surface area contributed by atoms with Gasteiger partial charge in [0.25, 0.3) is 5.91 Å². The minimum atomic E-state index is -0.588. The molecular weight excluding hydrogens is 347 g/mol. The topological polar surface area (TPSA) is 77.5 Å². The van der Waals surface area contributed by atoms with Crippen LogP contribution in [-0.4, -0.2) is 30.0 Å². The summed E-state index contributed by atoms with van der Waals surface area (Å²) in [5.74, 6) is -0.761. The third-order valence-corrected chi connectivity index (χ3v) is 4.22. The van der Waals surface area contributed by atoms with E-state index in [1.54, 1.807) is 6.92 Å². The van der Waals surface area contributed by atoms with Gasteiger partial charge in [-0.1, -0.05) is 6.92 Å². The van der Waals surface area contributed by atoms with Crippen molar-refractivity contribution in [3.63, 3.8) is 0 Å². The summed E-state index contributed by atoms with van der Waals surface area (Å²) in [6, 6.07) is 5.63. The van der Waals surface area contributed by atoms with Crippen LogP contribution in [0.4, 0.5) is 4.39 Å². The summed E-state index contributed by atoms with van der Waals surface area (Å²) >= 11 is 1.14. The summed E-state index contributed by atoms with van der Waals surface area (Å²) in [6.07, 6.45) is 0.811. The van der Waals surface area contributed by atoms with Crippen molar-refractivity contribution in [2.24, 2.45) is 0 Å². The normalized spacial score (nSPS) is 10.4. The Morgan fingerprint density at radius 1 is 1.28 bits per heavy atom. The number of aryl methyl sites for hydroxylation is 1. The van der Waals surface area contributed by atoms with Crippen molar-refractivity contribution >= 4 is 23.2 Å². The predicted octanol–water partition coefficient (Wildman–Crippen LogP) is 2.85. The molecule has 0 bridgehead atoms. The number of ether oxygens (including phenoxy) is 2. The van der Waals surface area contributed by atoms with Crippen LogP contribution in [0.5, 0.6) is 5.75 Å². The lowest BCUT2D eigenvalue weighted by atomic mass is 10.3. The van der Waals surface area contributed by atoms with Crippen molar-refractivity contribution in [3.05, 3.63) is 45.7 Å². The van der Waals surface area contributed by atoms with Crippen molar-refractivity contribution in [2.75, 3.05) is 13.2 Å². The highest BCUT2D eigenvalue weighted by Crippen LogP contribution is 2.21. The Kier molecular flexibility index (Phi) is 6.88. The Morgan fingerprint density at radius 2 is 2.00 bits per heavy atom. The molecule has 1 heterocycles. The number of aromatic nitrogens is 1. The standard InChI is InChI=1S/C17H19FN2O4S/c1-3-8-19-14(21)9-24-17(22)16-11(2)20-15(25-16)10-23-13-6-4-12(18)5-7-13/h4-7H,3,8-10H2,1-2H3,(H,19,21). The first-order valence-corrected chi connectivity index (χ1v) is 8.59. The van der Waals surface area contributed by atoms with Gasteiger partial charge in [0.2, 0.25) is 0 Å². The lowest BCUT2D eigenvalue weighted by molar-refractivity contribution is -0.124. The Bertz CT molecular complexity index is 731. The van der Waals surface area contributed by atoms with Crippen molar-refractivity contribution in [2.45, 2.75) is 26.9 Å². The van der Waals surface area contributed by atoms with E-state index in [-0.39, 0.29) is 24.9 Å². The van der Waals surface area contributed by atoms with Gasteiger partial charge >= 0.3 is 5.97 Å². The molecule has 1 amide bonds. The molecule has 0 aliphatic rings. The molecule has 25 heavy (non-hydrogen) atoms. The minimum Gasteiger partial charge on any atom is -0.486 e. The highest BCUT2D eigenvalue weighted by molar-refractivity contribution is 7.13. The first kappa shape index (κ1) is 18.9. The average molecular weight is 366 g/mol. The van der Waals surface area contributed by atoms with Crippen LogP contribution in [0.1, 0.15) is 33.7 Å². The van der Waals surface area contributed by atoms with Crippen LogP contribution >= 0.6 is 11.3 Å². The molecule has 0 atom stereocenters. The van der Waals surface area contributed by atoms with Crippen LogP contribution < -0.4 is 10.1 Å². The maximum atomic E-state index is 12.8. The number of halogens is 1. The second-order valence-electron chi connectivity index (χ2n) is 5.19. The van der Waals surface area contributed by atoms with E-state index in [1.165, 1.54) is 24.3 Å². The van der Waals surface area contributed by atoms with E-state index in [0.717, 1.165) is 17.8 Å². The number of nitrogens with one attached hydrogen (secondary N) is 1. The summed E-state index contributed by atoms with van der Waals surface area (Å²) < 4.78 is 23.3. The smallest absolute Gasteiger partial charge is 0.350 e. The zero-order valence-electron chi connectivity index (χ0n) is 14.0. The molecule has 6 nitrogen and oxygen atoms in total. The molecule has 134 valence electrons. The zero-order valence-corrected chi connectivity index (χ0v) is 14.8. The molecule has 0 radical (unpaired) electrons. The van der Waals surface area contributed by atoms with Crippen molar-refractivity contribution in [1.29, 1.82) is 0 Å². The van der Waals surface area contributed by atoms with Crippen LogP contribution in [0.2, 0.25) is 0 Å². The molecule has 2 rings (SSSR count). The maximum absolute atomic E-state index is 12.8. The molecule has 0 spiro atoms. The largest absolute Gasteiger partial charge is 0.486 e. The van der Waals surface area contributed by atoms with Gasteiger partial charge in [0.1, 0.15) is 28.1 Å². The van der Waals surface area contributed by atoms with Gasteiger partial charge in [-0.3, -0.25) is 4.79 Å². The minimum absolute atomic E-state index is 0.154. The molecule has 1 N–H and O–H groups in total. The second-order valence-corrected chi connectivity index (χ2v) is 6.27. The van der Waals surface area contributed by atoms with Gasteiger partial charge in [-0.2, -0.15) is 0 Å². The molecule has 0 unspecified atom stereocenters. The number of benzene rings is 1. The van der Waals surface area contributed by atoms with Gasteiger partial charge in [-0.05, 0) is 37.6 Å². The van der Waals surface area contributed by atoms with E-state index < -0.39 is 5.97 Å². The molecule has 0 fully saturated rings. The Hall–Kier alpha value is -2.48. The number of esters is 1. The molecule has 2 aromatic rings. The quantitative estimate of drug-likeness (QED) is 0.727. The van der Waals surface area contributed by atoms with Gasteiger partial charge in [-0.15, -0.1) is 11.3 Å². The molecular formula is C17H19FN2O4S. The highest BCUT2D eigenvalue weighted by atomic mass is 32.1. The van der Waals surface area contributed by atoms with E-state index in [4.69, 9.17) is 9.47 Å². The van der Waals surface area contributed by atoms with E-state index in [1.807, 2.05) is 6.92 Å². The second kappa shape index (κ2) is 9.12. The van der Waals surface area contributed by atoms with Crippen molar-refractivity contribution in [3.8, 4) is 5.75 Å². The van der Waals surface area contributed by atoms with Gasteiger partial charge in [0, 0.05) is 6.54 Å². The van der Waals surface area contributed by atoms with Crippen LogP contribution in [0.25, 0.3) is 0 Å². The van der Waals surface area contributed by atoms with E-state index in [2.05, 4.69) is 10.3 Å². The lowest BCUT2D eigenvalue weighted by Gasteiger charge is -2.04. The number of hydrogen-bond acceptors (Lipinski definition) is 6. The third kappa shape index (κ3) is 5.82. The summed E-state index contributed by atoms with van der Waals surface area (Å²) in [6.45, 7) is 3.99. The van der Waals surface area contributed by atoms with Gasteiger partial charge < -0.3 is 14.8 Å². The summed E-state index contributed by atoms with van der Waals surface area (Å²) in [4.78, 5) is 28.1. The summed E-state index contributed by atoms with van der Waals surface area (Å²) in [7, 11) is 0.